The Labute approximate surface area is 122 Å². The number of hydrogen-bond acceptors (Lipinski definition) is 8. The molecule has 0 saturated carbocycles. The first kappa shape index (κ1) is 15.7. The predicted molar refractivity (Wildman–Crippen MR) is 59.4 cm³/mol. The van der Waals surface area contributed by atoms with Crippen LogP contribution in [0.15, 0.2) is 18.1 Å². The Morgan fingerprint density at radius 1 is 1.00 bits per heavy atom. The number of rotatable bonds is 5. The van der Waals surface area contributed by atoms with E-state index in [-0.39, 0.29) is 5.95 Å². The average molecular weight is 321 g/mol. The van der Waals surface area contributed by atoms with E-state index in [9.17, 15) is 14.0 Å². The van der Waals surface area contributed by atoms with Crippen molar-refractivity contribution in [3.63, 3.8) is 0 Å². The summed E-state index contributed by atoms with van der Waals surface area (Å²) in [6, 6.07) is 3.04. The van der Waals surface area contributed by atoms with Gasteiger partial charge in [0.15, 0.2) is 11.5 Å². The van der Waals surface area contributed by atoms with Crippen LogP contribution in [0.2, 0.25) is 0 Å². The van der Waals surface area contributed by atoms with Crippen LogP contribution in [-0.2, 0) is 13.8 Å². The number of halogens is 1. The second-order valence-electron chi connectivity index (χ2n) is 3.92. The van der Waals surface area contributed by atoms with E-state index in [2.05, 4.69) is 4.29 Å². The lowest BCUT2D eigenvalue weighted by molar-refractivity contribution is -1.92. The second kappa shape index (κ2) is 5.96. The lowest BCUT2D eigenvalue weighted by atomic mass is 10.0. The molecule has 0 aliphatic carbocycles. The van der Waals surface area contributed by atoms with E-state index < -0.39 is 16.5 Å². The Hall–Kier alpha value is -1.71. The Morgan fingerprint density at radius 2 is 1.62 bits per heavy atom. The standard InChI is InChI=1S/C12H13ClO8/c1-17-9-4-7-5-11(19-3)20-12(21-13(14,15)16)8(7)6-10(9)18-2/h4-6,12H,1-3H3. The van der Waals surface area contributed by atoms with Crippen molar-refractivity contribution in [1.29, 1.82) is 0 Å². The minimum atomic E-state index is -4.68. The minimum absolute atomic E-state index is 0.00132. The van der Waals surface area contributed by atoms with E-state index in [1.165, 1.54) is 33.5 Å². The van der Waals surface area contributed by atoms with Gasteiger partial charge in [-0.1, -0.05) is 0 Å². The van der Waals surface area contributed by atoms with Gasteiger partial charge in [0.1, 0.15) is 4.29 Å². The quantitative estimate of drug-likeness (QED) is 0.650. The van der Waals surface area contributed by atoms with Crippen molar-refractivity contribution in [3.05, 3.63) is 29.2 Å². The molecule has 0 N–H and O–H groups in total. The smallest absolute Gasteiger partial charge is 0.381 e. The molecule has 1 aromatic rings. The maximum absolute atomic E-state index is 10.8. The van der Waals surface area contributed by atoms with Crippen LogP contribution in [0.3, 0.4) is 0 Å². The Bertz CT molecular complexity index is 551. The SMILES string of the molecule is COC1=Cc2cc(OC)c(OC)cc2C(O[Cl+3]([O-])([O-])[O-])O1. The van der Waals surface area contributed by atoms with Gasteiger partial charge < -0.3 is 18.9 Å². The van der Waals surface area contributed by atoms with Crippen LogP contribution < -0.4 is 23.5 Å². The summed E-state index contributed by atoms with van der Waals surface area (Å²) >= 11 is 0. The van der Waals surface area contributed by atoms with Crippen LogP contribution in [0, 0.1) is 10.2 Å². The molecule has 0 radical (unpaired) electrons. The van der Waals surface area contributed by atoms with Crippen LogP contribution in [0.25, 0.3) is 6.08 Å². The molecular formula is C12H13ClO8. The molecule has 1 aliphatic rings. The highest BCUT2D eigenvalue weighted by molar-refractivity contribution is 5.62. The molecule has 0 aromatic heterocycles. The van der Waals surface area contributed by atoms with Gasteiger partial charge in [0.25, 0.3) is 5.95 Å². The fourth-order valence-corrected chi connectivity index (χ4v) is 2.17. The maximum atomic E-state index is 10.8. The molecule has 0 fully saturated rings. The lowest BCUT2D eigenvalue weighted by Crippen LogP contribution is -2.61. The zero-order valence-corrected chi connectivity index (χ0v) is 12.2. The summed E-state index contributed by atoms with van der Waals surface area (Å²) in [5.74, 6) is 0.757. The fourth-order valence-electron chi connectivity index (χ4n) is 1.84. The highest BCUT2D eigenvalue weighted by atomic mass is 35.7. The Kier molecular flexibility index (Phi) is 4.45. The molecule has 2 rings (SSSR count). The molecule has 0 saturated heterocycles. The highest BCUT2D eigenvalue weighted by Crippen LogP contribution is 2.40. The Balaban J connectivity index is 2.49. The molecule has 1 heterocycles. The molecule has 1 atom stereocenters. The molecule has 1 aromatic carbocycles. The van der Waals surface area contributed by atoms with Gasteiger partial charge in [-0.2, -0.15) is 14.0 Å². The molecule has 0 bridgehead atoms. The fraction of sp³-hybridized carbons (Fsp3) is 0.333. The van der Waals surface area contributed by atoms with Gasteiger partial charge in [0, 0.05) is 11.6 Å². The first-order valence-corrected chi connectivity index (χ1v) is 6.89. The lowest BCUT2D eigenvalue weighted by Gasteiger charge is -2.24. The van der Waals surface area contributed by atoms with E-state index in [0.29, 0.717) is 22.6 Å². The molecule has 21 heavy (non-hydrogen) atoms. The van der Waals surface area contributed by atoms with Crippen molar-refractivity contribution in [3.8, 4) is 11.5 Å². The summed E-state index contributed by atoms with van der Waals surface area (Å²) in [5.41, 5.74) is 0.806. The summed E-state index contributed by atoms with van der Waals surface area (Å²) in [6.45, 7) is 0. The van der Waals surface area contributed by atoms with Crippen LogP contribution in [0.5, 0.6) is 11.5 Å². The molecule has 8 nitrogen and oxygen atoms in total. The molecule has 0 spiro atoms. The van der Waals surface area contributed by atoms with E-state index in [1.54, 1.807) is 6.07 Å². The van der Waals surface area contributed by atoms with Crippen molar-refractivity contribution in [2.24, 2.45) is 0 Å². The maximum Gasteiger partial charge on any atom is 0.381 e. The van der Waals surface area contributed by atoms with Crippen LogP contribution in [0.4, 0.5) is 0 Å². The van der Waals surface area contributed by atoms with Gasteiger partial charge in [0.05, 0.1) is 31.6 Å². The van der Waals surface area contributed by atoms with E-state index in [0.717, 1.165) is 0 Å². The second-order valence-corrected chi connectivity index (χ2v) is 4.85. The van der Waals surface area contributed by atoms with Crippen LogP contribution in [0.1, 0.15) is 17.4 Å². The Morgan fingerprint density at radius 3 is 2.14 bits per heavy atom. The van der Waals surface area contributed by atoms with Crippen molar-refractivity contribution in [1.82, 2.24) is 0 Å². The van der Waals surface area contributed by atoms with Gasteiger partial charge in [0.2, 0.25) is 0 Å². The largest absolute Gasteiger partial charge is 0.493 e. The van der Waals surface area contributed by atoms with Gasteiger partial charge in [-0.05, 0) is 17.7 Å². The zero-order valence-electron chi connectivity index (χ0n) is 11.5. The first-order valence-electron chi connectivity index (χ1n) is 5.65. The molecule has 0 amide bonds. The number of fused-ring (bicyclic) bond motifs is 1. The summed E-state index contributed by atoms with van der Waals surface area (Å²) in [7, 11) is -0.469. The minimum Gasteiger partial charge on any atom is -0.493 e. The summed E-state index contributed by atoms with van der Waals surface area (Å²) in [6.07, 6.45) is 0.0368. The van der Waals surface area contributed by atoms with E-state index >= 15 is 0 Å². The van der Waals surface area contributed by atoms with Gasteiger partial charge in [-0.25, -0.2) is 0 Å². The molecule has 116 valence electrons. The summed E-state index contributed by atoms with van der Waals surface area (Å²) in [4.78, 5) is 0. The zero-order chi connectivity index (χ0) is 15.6. The van der Waals surface area contributed by atoms with Gasteiger partial charge in [-0.3, -0.25) is 0 Å². The summed E-state index contributed by atoms with van der Waals surface area (Å²) < 4.78 is 57.0. The first-order chi connectivity index (χ1) is 9.87. The van der Waals surface area contributed by atoms with Gasteiger partial charge in [-0.15, -0.1) is 0 Å². The summed E-state index contributed by atoms with van der Waals surface area (Å²) in [5, 5.41) is 0. The highest BCUT2D eigenvalue weighted by Gasteiger charge is 2.38. The average Bonchev–Trinajstić information content (AvgIpc) is 2.43. The van der Waals surface area contributed by atoms with Crippen LogP contribution in [-0.4, -0.2) is 21.3 Å². The number of methoxy groups -OCH3 is 3. The van der Waals surface area contributed by atoms with E-state index in [4.69, 9.17) is 18.9 Å². The molecule has 1 aliphatic heterocycles. The monoisotopic (exact) mass is 320 g/mol. The molecular weight excluding hydrogens is 308 g/mol. The topological polar surface area (TPSA) is 115 Å². The predicted octanol–water partition coefficient (Wildman–Crippen LogP) is -1.41. The number of hydrogen-bond donors (Lipinski definition) is 0. The van der Waals surface area contributed by atoms with Crippen molar-refractivity contribution < 1.29 is 47.5 Å². The third kappa shape index (κ3) is 3.49. The molecule has 1 unspecified atom stereocenters. The normalized spacial score (nSPS) is 17.4. The third-order valence-corrected chi connectivity index (χ3v) is 3.11. The van der Waals surface area contributed by atoms with Crippen molar-refractivity contribution in [2.45, 2.75) is 6.29 Å². The third-order valence-electron chi connectivity index (χ3n) is 2.73. The van der Waals surface area contributed by atoms with Crippen molar-refractivity contribution >= 4 is 6.08 Å². The van der Waals surface area contributed by atoms with Gasteiger partial charge >= 0.3 is 6.29 Å². The van der Waals surface area contributed by atoms with E-state index in [1.807, 2.05) is 0 Å². The number of ether oxygens (including phenoxy) is 4. The van der Waals surface area contributed by atoms with Crippen molar-refractivity contribution in [2.75, 3.05) is 21.3 Å². The number of benzene rings is 1. The molecule has 9 heteroatoms. The van der Waals surface area contributed by atoms with Crippen LogP contribution >= 0.6 is 0 Å².